The van der Waals surface area contributed by atoms with E-state index in [4.69, 9.17) is 11.6 Å². The fourth-order valence-electron chi connectivity index (χ4n) is 2.54. The van der Waals surface area contributed by atoms with E-state index in [1.165, 1.54) is 4.57 Å². The topological polar surface area (TPSA) is 58.4 Å². The third-order valence-electron chi connectivity index (χ3n) is 3.54. The maximum Gasteiger partial charge on any atom is 0.219 e. The van der Waals surface area contributed by atoms with E-state index in [9.17, 15) is 9.18 Å². The summed E-state index contributed by atoms with van der Waals surface area (Å²) in [5.74, 6) is 0. The lowest BCUT2D eigenvalue weighted by Gasteiger charge is -2.13. The Hall–Kier alpha value is -2.18. The molecule has 128 valence electrons. The van der Waals surface area contributed by atoms with Gasteiger partial charge in [-0.1, -0.05) is 23.7 Å². The largest absolute Gasteiger partial charge is 0.311 e. The fraction of sp³-hybridized carbons (Fsp3) is 0.294. The van der Waals surface area contributed by atoms with Crippen LogP contribution in [0.3, 0.4) is 0 Å². The molecule has 0 spiro atoms. The van der Waals surface area contributed by atoms with Crippen LogP contribution in [-0.4, -0.2) is 37.3 Å². The summed E-state index contributed by atoms with van der Waals surface area (Å²) in [6, 6.07) is 5.28. The van der Waals surface area contributed by atoms with Gasteiger partial charge in [0.1, 0.15) is 6.17 Å². The Kier molecular flexibility index (Phi) is 6.52. The molecule has 0 fully saturated rings. The maximum atomic E-state index is 14.2. The van der Waals surface area contributed by atoms with Crippen LogP contribution in [0.1, 0.15) is 5.56 Å². The first-order valence-electron chi connectivity index (χ1n) is 7.55. The molecule has 1 atom stereocenters. The predicted molar refractivity (Wildman–Crippen MR) is 95.4 cm³/mol. The molecule has 0 radical (unpaired) electrons. The molecular formula is C17H20ClFN4O. The zero-order valence-corrected chi connectivity index (χ0v) is 14.2. The Labute approximate surface area is 144 Å². The summed E-state index contributed by atoms with van der Waals surface area (Å²) in [6.07, 6.45) is 3.02. The number of halogens is 2. The first-order chi connectivity index (χ1) is 11.6. The number of nitrogens with zero attached hydrogens (tertiary/aromatic N) is 2. The van der Waals surface area contributed by atoms with Gasteiger partial charge in [-0.3, -0.25) is 9.36 Å². The molecule has 0 saturated carbocycles. The Bertz CT molecular complexity index is 803. The second-order valence-corrected chi connectivity index (χ2v) is 5.70. The molecule has 2 rings (SSSR count). The van der Waals surface area contributed by atoms with Crippen LogP contribution < -0.4 is 16.2 Å². The molecule has 5 nitrogen and oxygen atoms in total. The van der Waals surface area contributed by atoms with Crippen molar-refractivity contribution in [3.05, 3.63) is 53.1 Å². The first kappa shape index (κ1) is 18.2. The molecule has 0 amide bonds. The number of benzene rings is 1. The number of carbonyl (C=O) groups excluding carboxylic acids is 1. The van der Waals surface area contributed by atoms with Crippen molar-refractivity contribution in [2.45, 2.75) is 12.6 Å². The van der Waals surface area contributed by atoms with Crippen LogP contribution in [0.25, 0.3) is 10.8 Å². The number of carbonyl (C=O) groups is 1. The van der Waals surface area contributed by atoms with Gasteiger partial charge in [-0.05, 0) is 23.1 Å². The molecule has 0 aliphatic rings. The van der Waals surface area contributed by atoms with E-state index in [0.29, 0.717) is 28.9 Å². The minimum absolute atomic E-state index is 0.177. The van der Waals surface area contributed by atoms with Crippen molar-refractivity contribution in [1.82, 2.24) is 15.3 Å². The van der Waals surface area contributed by atoms with Gasteiger partial charge in [-0.2, -0.15) is 5.10 Å². The third-order valence-corrected chi connectivity index (χ3v) is 3.77. The predicted octanol–water partition coefficient (Wildman–Crippen LogP) is 2.02. The summed E-state index contributed by atoms with van der Waals surface area (Å²) >= 11 is 6.08. The summed E-state index contributed by atoms with van der Waals surface area (Å²) < 4.78 is 15.6. The minimum atomic E-state index is -1.09. The zero-order chi connectivity index (χ0) is 17.5. The van der Waals surface area contributed by atoms with Gasteiger partial charge in [0.2, 0.25) is 6.41 Å². The lowest BCUT2D eigenvalue weighted by Crippen LogP contribution is -2.28. The minimum Gasteiger partial charge on any atom is -0.311 e. The van der Waals surface area contributed by atoms with Crippen LogP contribution in [0.4, 0.5) is 4.39 Å². The number of nitrogens with one attached hydrogen (secondary N) is 2. The molecule has 2 N–H and O–H groups in total. The van der Waals surface area contributed by atoms with E-state index in [1.807, 2.05) is 6.07 Å². The van der Waals surface area contributed by atoms with Crippen molar-refractivity contribution in [3.8, 4) is 0 Å². The van der Waals surface area contributed by atoms with Crippen LogP contribution in [0.5, 0.6) is 0 Å². The Morgan fingerprint density at radius 2 is 2.25 bits per heavy atom. The van der Waals surface area contributed by atoms with Gasteiger partial charge in [-0.25, -0.2) is 4.39 Å². The second-order valence-electron chi connectivity index (χ2n) is 5.26. The average Bonchev–Trinajstić information content (AvgIpc) is 2.57. The molecule has 1 aromatic heterocycles. The smallest absolute Gasteiger partial charge is 0.219 e. The summed E-state index contributed by atoms with van der Waals surface area (Å²) in [6.45, 7) is 4.34. The number of rotatable bonds is 8. The van der Waals surface area contributed by atoms with Crippen LogP contribution in [0.15, 0.2) is 42.2 Å². The highest BCUT2D eigenvalue weighted by molar-refractivity contribution is 6.31. The normalized spacial score (nSPS) is 13.0. The summed E-state index contributed by atoms with van der Waals surface area (Å²) in [4.78, 5) is 11.4. The van der Waals surface area contributed by atoms with Gasteiger partial charge in [0.15, 0.2) is 5.49 Å². The van der Waals surface area contributed by atoms with E-state index >= 15 is 0 Å². The number of fused-ring (bicyclic) bond motifs is 1. The second kappa shape index (κ2) is 8.61. The van der Waals surface area contributed by atoms with Crippen molar-refractivity contribution in [1.29, 1.82) is 0 Å². The standard InChI is InChI=1S/C17H20ClFN4O/c1-3-6-21-9-14(19)7-12-10-23(11-24)17(22-20-2)16-8-13(18)4-5-15(12)16/h3-5,8,10-11,14,20-21H,1,6-7,9H2,2H3/b22-17-. The maximum absolute atomic E-state index is 14.2. The molecule has 0 aliphatic heterocycles. The summed E-state index contributed by atoms with van der Waals surface area (Å²) in [5, 5.41) is 9.11. The van der Waals surface area contributed by atoms with E-state index < -0.39 is 6.17 Å². The SMILES string of the molecule is C=CCNCC(F)Cc1cn(C=O)/c(=N\NC)c2cc(Cl)ccc12. The van der Waals surface area contributed by atoms with Crippen molar-refractivity contribution < 1.29 is 9.18 Å². The van der Waals surface area contributed by atoms with Crippen LogP contribution >= 0.6 is 11.6 Å². The van der Waals surface area contributed by atoms with Crippen LogP contribution in [0, 0.1) is 0 Å². The molecule has 7 heteroatoms. The number of aromatic nitrogens is 1. The monoisotopic (exact) mass is 350 g/mol. The number of alkyl halides is 1. The van der Waals surface area contributed by atoms with E-state index in [2.05, 4.69) is 22.4 Å². The quantitative estimate of drug-likeness (QED) is 0.331. The first-order valence-corrected chi connectivity index (χ1v) is 7.93. The molecule has 0 bridgehead atoms. The summed E-state index contributed by atoms with van der Waals surface area (Å²) in [5.41, 5.74) is 3.82. The molecule has 1 aromatic carbocycles. The molecule has 0 saturated heterocycles. The van der Waals surface area contributed by atoms with E-state index in [-0.39, 0.29) is 13.0 Å². The highest BCUT2D eigenvalue weighted by Gasteiger charge is 2.13. The van der Waals surface area contributed by atoms with Crippen molar-refractivity contribution in [2.75, 3.05) is 20.1 Å². The Morgan fingerprint density at radius 3 is 2.92 bits per heavy atom. The molecule has 1 unspecified atom stereocenters. The van der Waals surface area contributed by atoms with Crippen molar-refractivity contribution in [2.24, 2.45) is 5.10 Å². The molecule has 1 heterocycles. The number of pyridine rings is 1. The van der Waals surface area contributed by atoms with E-state index in [1.54, 1.807) is 31.5 Å². The average molecular weight is 351 g/mol. The molecule has 2 aromatic rings. The highest BCUT2D eigenvalue weighted by Crippen LogP contribution is 2.21. The highest BCUT2D eigenvalue weighted by atomic mass is 35.5. The van der Waals surface area contributed by atoms with Gasteiger partial charge in [0.25, 0.3) is 0 Å². The van der Waals surface area contributed by atoms with Gasteiger partial charge in [0, 0.05) is 43.2 Å². The van der Waals surface area contributed by atoms with Gasteiger partial charge >= 0.3 is 0 Å². The van der Waals surface area contributed by atoms with Gasteiger partial charge in [-0.15, -0.1) is 6.58 Å². The Balaban J connectivity index is 2.50. The number of hydrogen-bond acceptors (Lipinski definition) is 4. The van der Waals surface area contributed by atoms with Crippen LogP contribution in [0.2, 0.25) is 5.02 Å². The van der Waals surface area contributed by atoms with Crippen molar-refractivity contribution >= 4 is 28.8 Å². The lowest BCUT2D eigenvalue weighted by molar-refractivity contribution is 0.321. The molecule has 0 aliphatic carbocycles. The number of hydrogen-bond donors (Lipinski definition) is 2. The molecule has 24 heavy (non-hydrogen) atoms. The van der Waals surface area contributed by atoms with Gasteiger partial charge < -0.3 is 10.7 Å². The van der Waals surface area contributed by atoms with Crippen molar-refractivity contribution in [3.63, 3.8) is 0 Å². The van der Waals surface area contributed by atoms with E-state index in [0.717, 1.165) is 10.9 Å². The third kappa shape index (κ3) is 4.21. The fourth-order valence-corrected chi connectivity index (χ4v) is 2.71. The zero-order valence-electron chi connectivity index (χ0n) is 13.4. The van der Waals surface area contributed by atoms with Gasteiger partial charge in [0.05, 0.1) is 0 Å². The summed E-state index contributed by atoms with van der Waals surface area (Å²) in [7, 11) is 1.64. The Morgan fingerprint density at radius 1 is 1.46 bits per heavy atom. The molecular weight excluding hydrogens is 331 g/mol. The van der Waals surface area contributed by atoms with Crippen LogP contribution in [-0.2, 0) is 11.2 Å². The lowest BCUT2D eigenvalue weighted by atomic mass is 10.0.